The van der Waals surface area contributed by atoms with Crippen LogP contribution in [0, 0.1) is 5.92 Å². The minimum atomic E-state index is -0.506. The molecule has 0 unspecified atom stereocenters. The summed E-state index contributed by atoms with van der Waals surface area (Å²) in [5.74, 6) is 0.562. The molecule has 0 aromatic carbocycles. The molecule has 0 amide bonds. The highest BCUT2D eigenvalue weighted by molar-refractivity contribution is 4.83. The average molecular weight is 144 g/mol. The van der Waals surface area contributed by atoms with Crippen molar-refractivity contribution in [2.24, 2.45) is 5.92 Å². The molecule has 0 aromatic rings. The first-order valence-electron chi connectivity index (χ1n) is 3.92. The minimum absolute atomic E-state index is 0.506. The van der Waals surface area contributed by atoms with E-state index in [1.807, 2.05) is 0 Å². The van der Waals surface area contributed by atoms with Gasteiger partial charge in [0.05, 0.1) is 12.2 Å². The summed E-state index contributed by atoms with van der Waals surface area (Å²) in [6.07, 6.45) is 1.68. The maximum absolute atomic E-state index is 9.74. The quantitative estimate of drug-likeness (QED) is 0.630. The van der Waals surface area contributed by atoms with Crippen molar-refractivity contribution in [2.75, 3.05) is 13.2 Å². The Balaban J connectivity index is 2.36. The zero-order valence-electron chi connectivity index (χ0n) is 6.76. The summed E-state index contributed by atoms with van der Waals surface area (Å²) in [4.78, 5) is 0. The molecule has 0 radical (unpaired) electrons. The van der Waals surface area contributed by atoms with Gasteiger partial charge in [-0.05, 0) is 12.3 Å². The highest BCUT2D eigenvalue weighted by atomic mass is 16.5. The number of rotatable bonds is 2. The van der Waals surface area contributed by atoms with Crippen molar-refractivity contribution in [3.8, 4) is 0 Å². The zero-order valence-corrected chi connectivity index (χ0v) is 6.76. The lowest BCUT2D eigenvalue weighted by atomic mass is 9.92. The van der Waals surface area contributed by atoms with Crippen molar-refractivity contribution in [2.45, 2.75) is 32.3 Å². The lowest BCUT2D eigenvalue weighted by Crippen LogP contribution is -2.30. The molecule has 1 saturated heterocycles. The van der Waals surface area contributed by atoms with Gasteiger partial charge < -0.3 is 9.84 Å². The van der Waals surface area contributed by atoms with E-state index in [4.69, 9.17) is 4.74 Å². The fourth-order valence-electron chi connectivity index (χ4n) is 1.52. The lowest BCUT2D eigenvalue weighted by Gasteiger charge is -2.21. The summed E-state index contributed by atoms with van der Waals surface area (Å²) in [7, 11) is 0. The van der Waals surface area contributed by atoms with Crippen LogP contribution >= 0.6 is 0 Å². The standard InChI is InChI=1S/C8H16O2/c1-7(2)5-8(9)3-4-10-6-8/h7,9H,3-6H2,1-2H3/t8-/m0/s1. The van der Waals surface area contributed by atoms with Gasteiger partial charge in [0.15, 0.2) is 0 Å². The summed E-state index contributed by atoms with van der Waals surface area (Å²) >= 11 is 0. The molecular weight excluding hydrogens is 128 g/mol. The Labute approximate surface area is 62.2 Å². The summed E-state index contributed by atoms with van der Waals surface area (Å²) < 4.78 is 5.11. The van der Waals surface area contributed by atoms with Crippen LogP contribution < -0.4 is 0 Å². The third-order valence-electron chi connectivity index (χ3n) is 1.87. The Morgan fingerprint density at radius 2 is 2.30 bits per heavy atom. The highest BCUT2D eigenvalue weighted by Gasteiger charge is 2.32. The van der Waals surface area contributed by atoms with Crippen molar-refractivity contribution in [3.05, 3.63) is 0 Å². The predicted molar refractivity (Wildman–Crippen MR) is 39.8 cm³/mol. The van der Waals surface area contributed by atoms with Crippen LogP contribution in [0.5, 0.6) is 0 Å². The number of hydrogen-bond acceptors (Lipinski definition) is 2. The summed E-state index contributed by atoms with van der Waals surface area (Å²) in [5, 5.41) is 9.74. The molecule has 1 rings (SSSR count). The third-order valence-corrected chi connectivity index (χ3v) is 1.87. The second-order valence-electron chi connectivity index (χ2n) is 3.62. The van der Waals surface area contributed by atoms with Crippen LogP contribution in [0.3, 0.4) is 0 Å². The molecule has 10 heavy (non-hydrogen) atoms. The summed E-state index contributed by atoms with van der Waals surface area (Å²) in [6.45, 7) is 5.50. The minimum Gasteiger partial charge on any atom is -0.387 e. The molecule has 1 heterocycles. The van der Waals surface area contributed by atoms with E-state index < -0.39 is 5.60 Å². The Morgan fingerprint density at radius 3 is 2.70 bits per heavy atom. The second-order valence-corrected chi connectivity index (χ2v) is 3.62. The van der Waals surface area contributed by atoms with Crippen LogP contribution in [0.1, 0.15) is 26.7 Å². The molecule has 1 aliphatic heterocycles. The van der Waals surface area contributed by atoms with Crippen LogP contribution in [-0.4, -0.2) is 23.9 Å². The predicted octanol–water partition coefficient (Wildman–Crippen LogP) is 1.18. The van der Waals surface area contributed by atoms with E-state index in [1.165, 1.54) is 0 Å². The Morgan fingerprint density at radius 1 is 1.60 bits per heavy atom. The SMILES string of the molecule is CC(C)C[C@@]1(O)CCOC1. The molecular formula is C8H16O2. The zero-order chi connectivity index (χ0) is 7.61. The van der Waals surface area contributed by atoms with Crippen LogP contribution in [0.25, 0.3) is 0 Å². The van der Waals surface area contributed by atoms with Crippen molar-refractivity contribution < 1.29 is 9.84 Å². The second kappa shape index (κ2) is 2.89. The van der Waals surface area contributed by atoms with Crippen molar-refractivity contribution in [3.63, 3.8) is 0 Å². The molecule has 2 heteroatoms. The van der Waals surface area contributed by atoms with Gasteiger partial charge in [-0.25, -0.2) is 0 Å². The molecule has 0 aliphatic carbocycles. The number of aliphatic hydroxyl groups is 1. The molecule has 0 aromatic heterocycles. The fourth-order valence-corrected chi connectivity index (χ4v) is 1.52. The molecule has 1 N–H and O–H groups in total. The Hall–Kier alpha value is -0.0800. The Kier molecular flexibility index (Phi) is 2.32. The van der Waals surface area contributed by atoms with Gasteiger partial charge >= 0.3 is 0 Å². The highest BCUT2D eigenvalue weighted by Crippen LogP contribution is 2.25. The molecule has 60 valence electrons. The number of hydrogen-bond donors (Lipinski definition) is 1. The van der Waals surface area contributed by atoms with Gasteiger partial charge in [-0.1, -0.05) is 13.8 Å². The van der Waals surface area contributed by atoms with Gasteiger partial charge in [0.1, 0.15) is 0 Å². The van der Waals surface area contributed by atoms with Crippen LogP contribution in [0.4, 0.5) is 0 Å². The maximum atomic E-state index is 9.74. The smallest absolute Gasteiger partial charge is 0.0904 e. The van der Waals surface area contributed by atoms with E-state index in [0.29, 0.717) is 12.5 Å². The number of ether oxygens (including phenoxy) is 1. The van der Waals surface area contributed by atoms with Crippen molar-refractivity contribution in [1.82, 2.24) is 0 Å². The van der Waals surface area contributed by atoms with Gasteiger partial charge in [0.2, 0.25) is 0 Å². The largest absolute Gasteiger partial charge is 0.387 e. The van der Waals surface area contributed by atoms with Crippen LogP contribution in [0.2, 0.25) is 0 Å². The van der Waals surface area contributed by atoms with Crippen LogP contribution in [0.15, 0.2) is 0 Å². The average Bonchev–Trinajstić information content (AvgIpc) is 2.12. The van der Waals surface area contributed by atoms with Gasteiger partial charge in [0.25, 0.3) is 0 Å². The van der Waals surface area contributed by atoms with Gasteiger partial charge in [-0.2, -0.15) is 0 Å². The van der Waals surface area contributed by atoms with Gasteiger partial charge in [-0.15, -0.1) is 0 Å². The molecule has 0 spiro atoms. The van der Waals surface area contributed by atoms with E-state index in [9.17, 15) is 5.11 Å². The van der Waals surface area contributed by atoms with E-state index in [2.05, 4.69) is 13.8 Å². The fraction of sp³-hybridized carbons (Fsp3) is 1.00. The first-order valence-corrected chi connectivity index (χ1v) is 3.92. The van der Waals surface area contributed by atoms with Gasteiger partial charge in [-0.3, -0.25) is 0 Å². The summed E-state index contributed by atoms with van der Waals surface area (Å²) in [5.41, 5.74) is -0.506. The molecule has 1 atom stereocenters. The molecule has 2 nitrogen and oxygen atoms in total. The lowest BCUT2D eigenvalue weighted by molar-refractivity contribution is 0.00927. The van der Waals surface area contributed by atoms with E-state index in [1.54, 1.807) is 0 Å². The molecule has 0 bridgehead atoms. The molecule has 1 aliphatic rings. The molecule has 1 fully saturated rings. The van der Waals surface area contributed by atoms with Gasteiger partial charge in [0, 0.05) is 13.0 Å². The third kappa shape index (κ3) is 1.96. The molecule has 0 saturated carbocycles. The van der Waals surface area contributed by atoms with E-state index in [-0.39, 0.29) is 0 Å². The van der Waals surface area contributed by atoms with E-state index >= 15 is 0 Å². The Bertz CT molecular complexity index is 104. The van der Waals surface area contributed by atoms with Crippen LogP contribution in [-0.2, 0) is 4.74 Å². The summed E-state index contributed by atoms with van der Waals surface area (Å²) in [6, 6.07) is 0. The van der Waals surface area contributed by atoms with E-state index in [0.717, 1.165) is 19.4 Å². The normalized spacial score (nSPS) is 33.6. The van der Waals surface area contributed by atoms with Crippen molar-refractivity contribution in [1.29, 1.82) is 0 Å². The first kappa shape index (κ1) is 8.02. The maximum Gasteiger partial charge on any atom is 0.0904 e. The van der Waals surface area contributed by atoms with Crippen molar-refractivity contribution >= 4 is 0 Å². The monoisotopic (exact) mass is 144 g/mol. The first-order chi connectivity index (χ1) is 4.62. The topological polar surface area (TPSA) is 29.5 Å².